The molecule has 5 rings (SSSR count). The molecule has 1 heterocycles. The molecule has 1 saturated carbocycles. The summed E-state index contributed by atoms with van der Waals surface area (Å²) in [5.41, 5.74) is 2.19. The van der Waals surface area contributed by atoms with Crippen LogP contribution < -0.4 is 4.90 Å². The molecule has 35 heavy (non-hydrogen) atoms. The van der Waals surface area contributed by atoms with Crippen molar-refractivity contribution in [1.82, 2.24) is 0 Å². The molecule has 3 atom stereocenters. The van der Waals surface area contributed by atoms with Crippen LogP contribution in [0.15, 0.2) is 84.9 Å². The van der Waals surface area contributed by atoms with E-state index in [1.54, 1.807) is 48.5 Å². The quantitative estimate of drug-likeness (QED) is 0.296. The topological polar surface area (TPSA) is 80.8 Å². The first kappa shape index (κ1) is 22.7. The van der Waals surface area contributed by atoms with E-state index in [-0.39, 0.29) is 47.5 Å². The number of esters is 1. The predicted octanol–water partition coefficient (Wildman–Crippen LogP) is 4.80. The lowest BCUT2D eigenvalue weighted by molar-refractivity contribution is -0.122. The number of Topliss-reactive ketones (excluding diaryl/α,β-unsaturated/α-hetero) is 1. The highest BCUT2D eigenvalue weighted by atomic mass is 16.5. The Morgan fingerprint density at radius 3 is 2.17 bits per heavy atom. The fourth-order valence-electron chi connectivity index (χ4n) is 5.16. The zero-order valence-electron chi connectivity index (χ0n) is 19.1. The Bertz CT molecular complexity index is 1270. The normalized spacial score (nSPS) is 21.5. The number of fused-ring (bicyclic) bond motifs is 1. The zero-order chi connectivity index (χ0) is 24.4. The summed E-state index contributed by atoms with van der Waals surface area (Å²) in [7, 11) is 0. The minimum atomic E-state index is -0.684. The third kappa shape index (κ3) is 4.52. The Morgan fingerprint density at radius 1 is 0.771 bits per heavy atom. The predicted molar refractivity (Wildman–Crippen MR) is 130 cm³/mol. The second kappa shape index (κ2) is 9.66. The average molecular weight is 468 g/mol. The number of carbonyl (C=O) groups is 4. The number of hydrogen-bond donors (Lipinski definition) is 0. The summed E-state index contributed by atoms with van der Waals surface area (Å²) in [4.78, 5) is 52.6. The average Bonchev–Trinajstić information content (AvgIpc) is 3.17. The molecule has 0 spiro atoms. The van der Waals surface area contributed by atoms with Gasteiger partial charge >= 0.3 is 5.97 Å². The lowest BCUT2D eigenvalue weighted by Crippen LogP contribution is -2.31. The third-order valence-electron chi connectivity index (χ3n) is 6.97. The molecule has 0 radical (unpaired) electrons. The second-order valence-corrected chi connectivity index (χ2v) is 9.06. The van der Waals surface area contributed by atoms with Crippen LogP contribution in [0.1, 0.15) is 51.5 Å². The van der Waals surface area contributed by atoms with E-state index in [1.807, 2.05) is 18.2 Å². The van der Waals surface area contributed by atoms with Gasteiger partial charge in [-0.1, -0.05) is 66.7 Å². The number of ether oxygens (including phenoxy) is 1. The van der Waals surface area contributed by atoms with E-state index < -0.39 is 5.97 Å². The lowest BCUT2D eigenvalue weighted by Gasteiger charge is -2.28. The Labute approximate surface area is 203 Å². The highest BCUT2D eigenvalue weighted by Crippen LogP contribution is 2.45. The van der Waals surface area contributed by atoms with Gasteiger partial charge in [-0.05, 0) is 48.9 Å². The molecular formula is C29H25NO5. The van der Waals surface area contributed by atoms with Gasteiger partial charge in [-0.3, -0.25) is 19.3 Å². The molecule has 176 valence electrons. The first-order valence-electron chi connectivity index (χ1n) is 11.8. The molecular weight excluding hydrogens is 442 g/mol. The molecule has 3 aromatic rings. The van der Waals surface area contributed by atoms with Crippen LogP contribution in [-0.2, 0) is 14.3 Å². The van der Waals surface area contributed by atoms with Crippen LogP contribution >= 0.6 is 0 Å². The van der Waals surface area contributed by atoms with E-state index in [9.17, 15) is 19.2 Å². The first-order chi connectivity index (χ1) is 17.0. The molecule has 0 aromatic heterocycles. The lowest BCUT2D eigenvalue weighted by atomic mass is 9.73. The summed E-state index contributed by atoms with van der Waals surface area (Å²) in [6.07, 6.45) is 2.16. The monoisotopic (exact) mass is 467 g/mol. The molecule has 3 aromatic carbocycles. The number of benzene rings is 3. The number of amides is 2. The maximum Gasteiger partial charge on any atom is 0.338 e. The smallest absolute Gasteiger partial charge is 0.338 e. The summed E-state index contributed by atoms with van der Waals surface area (Å²) in [6.45, 7) is -0.389. The van der Waals surface area contributed by atoms with Crippen LogP contribution in [0.2, 0.25) is 0 Å². The van der Waals surface area contributed by atoms with Crippen LogP contribution in [0.25, 0.3) is 0 Å². The van der Waals surface area contributed by atoms with E-state index >= 15 is 0 Å². The van der Waals surface area contributed by atoms with Crippen molar-refractivity contribution in [2.24, 2.45) is 11.8 Å². The number of carbonyl (C=O) groups excluding carboxylic acids is 4. The number of hydrogen-bond acceptors (Lipinski definition) is 5. The maximum atomic E-state index is 13.3. The van der Waals surface area contributed by atoms with Crippen LogP contribution in [0, 0.1) is 11.8 Å². The molecule has 0 bridgehead atoms. The Morgan fingerprint density at radius 2 is 1.43 bits per heavy atom. The summed E-state index contributed by atoms with van der Waals surface area (Å²) < 4.78 is 5.20. The minimum absolute atomic E-state index is 0.181. The van der Waals surface area contributed by atoms with Gasteiger partial charge < -0.3 is 4.74 Å². The molecule has 0 unspecified atom stereocenters. The number of anilines is 1. The van der Waals surface area contributed by atoms with E-state index in [2.05, 4.69) is 12.1 Å². The molecule has 0 N–H and O–H groups in total. The fraction of sp³-hybridized carbons (Fsp3) is 0.241. The molecule has 6 nitrogen and oxygen atoms in total. The van der Waals surface area contributed by atoms with E-state index in [1.165, 1.54) is 16.5 Å². The van der Waals surface area contributed by atoms with Crippen molar-refractivity contribution in [2.75, 3.05) is 11.5 Å². The van der Waals surface area contributed by atoms with Crippen molar-refractivity contribution in [3.63, 3.8) is 0 Å². The molecule has 2 fully saturated rings. The molecule has 2 amide bonds. The van der Waals surface area contributed by atoms with Crippen molar-refractivity contribution >= 4 is 29.3 Å². The van der Waals surface area contributed by atoms with Crippen LogP contribution in [0.3, 0.4) is 0 Å². The summed E-state index contributed by atoms with van der Waals surface area (Å²) in [5, 5.41) is 0. The Hall–Kier alpha value is -4.06. The van der Waals surface area contributed by atoms with Gasteiger partial charge in [0.05, 0.1) is 23.1 Å². The van der Waals surface area contributed by atoms with Gasteiger partial charge in [-0.2, -0.15) is 0 Å². The van der Waals surface area contributed by atoms with Crippen LogP contribution in [0.5, 0.6) is 0 Å². The molecule has 2 aliphatic rings. The van der Waals surface area contributed by atoms with Gasteiger partial charge in [0, 0.05) is 5.56 Å². The molecule has 1 saturated heterocycles. The van der Waals surface area contributed by atoms with Crippen molar-refractivity contribution in [1.29, 1.82) is 0 Å². The Balaban J connectivity index is 1.29. The van der Waals surface area contributed by atoms with Gasteiger partial charge in [0.25, 0.3) is 0 Å². The maximum absolute atomic E-state index is 13.3. The summed E-state index contributed by atoms with van der Waals surface area (Å²) in [6, 6.07) is 25.0. The summed E-state index contributed by atoms with van der Waals surface area (Å²) >= 11 is 0. The standard InChI is InChI=1S/C29H25NO5/c31-26(20-10-5-2-6-11-20)18-35-29(34)22-12-7-13-23(16-22)30-27(32)24-15-14-21(17-25(24)28(30)33)19-8-3-1-4-9-19/h1-13,16,21,24-25H,14-15,17-18H2/t21-,24-,25-/m0/s1. The SMILES string of the molecule is O=C(COC(=O)c1cccc(N2C(=O)[C@H]3CC[C@H](c4ccccc4)C[C@@H]3C2=O)c1)c1ccccc1. The van der Waals surface area contributed by atoms with Crippen molar-refractivity contribution in [2.45, 2.75) is 25.2 Å². The second-order valence-electron chi connectivity index (χ2n) is 9.06. The third-order valence-corrected chi connectivity index (χ3v) is 6.97. The van der Waals surface area contributed by atoms with E-state index in [0.29, 0.717) is 24.1 Å². The van der Waals surface area contributed by atoms with Gasteiger partial charge in [-0.15, -0.1) is 0 Å². The van der Waals surface area contributed by atoms with Gasteiger partial charge in [0.15, 0.2) is 12.4 Å². The molecule has 1 aliphatic carbocycles. The first-order valence-corrected chi connectivity index (χ1v) is 11.8. The molecule has 1 aliphatic heterocycles. The Kier molecular flexibility index (Phi) is 6.27. The highest BCUT2D eigenvalue weighted by Gasteiger charge is 2.50. The van der Waals surface area contributed by atoms with E-state index in [0.717, 1.165) is 6.42 Å². The van der Waals surface area contributed by atoms with Crippen LogP contribution in [0.4, 0.5) is 5.69 Å². The van der Waals surface area contributed by atoms with Gasteiger partial charge in [0.1, 0.15) is 0 Å². The minimum Gasteiger partial charge on any atom is -0.454 e. The van der Waals surface area contributed by atoms with Gasteiger partial charge in [-0.25, -0.2) is 4.79 Å². The van der Waals surface area contributed by atoms with Crippen molar-refractivity contribution in [3.05, 3.63) is 102 Å². The number of ketones is 1. The van der Waals surface area contributed by atoms with Crippen molar-refractivity contribution in [3.8, 4) is 0 Å². The van der Waals surface area contributed by atoms with Crippen LogP contribution in [-0.4, -0.2) is 30.2 Å². The fourth-order valence-corrected chi connectivity index (χ4v) is 5.16. The van der Waals surface area contributed by atoms with Gasteiger partial charge in [0.2, 0.25) is 11.8 Å². The summed E-state index contributed by atoms with van der Waals surface area (Å²) in [5.74, 6) is -1.87. The number of rotatable bonds is 6. The van der Waals surface area contributed by atoms with Crippen molar-refractivity contribution < 1.29 is 23.9 Å². The number of imide groups is 1. The zero-order valence-corrected chi connectivity index (χ0v) is 19.1. The number of nitrogens with zero attached hydrogens (tertiary/aromatic N) is 1. The van der Waals surface area contributed by atoms with E-state index in [4.69, 9.17) is 4.74 Å². The highest BCUT2D eigenvalue weighted by molar-refractivity contribution is 6.22. The molecule has 6 heteroatoms. The largest absolute Gasteiger partial charge is 0.454 e.